The number of phenolic OH excluding ortho intramolecular Hbond substituents is 1. The first-order valence-electron chi connectivity index (χ1n) is 7.84. The summed E-state index contributed by atoms with van der Waals surface area (Å²) in [5.41, 5.74) is 2.39. The molecular formula is C17H16Cl2N2O2S. The second-order valence-electron chi connectivity index (χ2n) is 6.43. The molecule has 2 heterocycles. The van der Waals surface area contributed by atoms with Crippen molar-refractivity contribution in [2.45, 2.75) is 32.4 Å². The van der Waals surface area contributed by atoms with Crippen molar-refractivity contribution in [1.29, 1.82) is 0 Å². The Labute approximate surface area is 153 Å². The van der Waals surface area contributed by atoms with Crippen molar-refractivity contribution in [3.05, 3.63) is 43.7 Å². The minimum atomic E-state index is -0.557. The van der Waals surface area contributed by atoms with Crippen molar-refractivity contribution in [1.82, 2.24) is 5.32 Å². The summed E-state index contributed by atoms with van der Waals surface area (Å²) in [6, 6.07) is 3.09. The van der Waals surface area contributed by atoms with Gasteiger partial charge in [0.15, 0.2) is 0 Å². The zero-order chi connectivity index (χ0) is 17.0. The zero-order valence-electron chi connectivity index (χ0n) is 13.0. The Bertz CT molecular complexity index is 850. The normalized spacial score (nSPS) is 22.4. The van der Waals surface area contributed by atoms with Crippen molar-refractivity contribution in [2.75, 3.05) is 5.32 Å². The molecule has 1 aromatic heterocycles. The number of thiophene rings is 1. The number of phenols is 1. The molecule has 0 unspecified atom stereocenters. The number of fused-ring (bicyclic) bond motifs is 3. The first-order chi connectivity index (χ1) is 11.4. The molecule has 0 spiro atoms. The topological polar surface area (TPSA) is 61.4 Å². The number of rotatable bonds is 1. The van der Waals surface area contributed by atoms with Crippen LogP contribution < -0.4 is 10.6 Å². The molecule has 4 nitrogen and oxygen atoms in total. The van der Waals surface area contributed by atoms with Gasteiger partial charge in [0, 0.05) is 15.5 Å². The third-order valence-electron chi connectivity index (χ3n) is 4.66. The van der Waals surface area contributed by atoms with E-state index >= 15 is 0 Å². The Morgan fingerprint density at radius 3 is 2.88 bits per heavy atom. The van der Waals surface area contributed by atoms with Gasteiger partial charge in [-0.2, -0.15) is 0 Å². The standard InChI is InChI=1S/C17H16Cl2N2O2S/c1-7-2-3-9-12(4-7)24-17-13(9)16(23)20-15(21-17)10-5-8(18)6-11(19)14(10)22/h5-7,15,21-22H,2-4H2,1H3,(H,20,23)/t7-,15+/m1/s1. The maximum absolute atomic E-state index is 12.7. The highest BCUT2D eigenvalue weighted by atomic mass is 35.5. The molecule has 2 atom stereocenters. The zero-order valence-corrected chi connectivity index (χ0v) is 15.3. The summed E-state index contributed by atoms with van der Waals surface area (Å²) in [7, 11) is 0. The molecule has 2 aromatic rings. The van der Waals surface area contributed by atoms with Gasteiger partial charge < -0.3 is 15.7 Å². The van der Waals surface area contributed by atoms with E-state index in [-0.39, 0.29) is 16.7 Å². The summed E-state index contributed by atoms with van der Waals surface area (Å²) in [4.78, 5) is 14.0. The van der Waals surface area contributed by atoms with Crippen LogP contribution in [0, 0.1) is 5.92 Å². The molecule has 7 heteroatoms. The lowest BCUT2D eigenvalue weighted by molar-refractivity contribution is 0.0935. The molecule has 4 rings (SSSR count). The lowest BCUT2D eigenvalue weighted by Crippen LogP contribution is -2.38. The van der Waals surface area contributed by atoms with Crippen molar-refractivity contribution in [3.63, 3.8) is 0 Å². The molecule has 0 radical (unpaired) electrons. The third-order valence-corrected chi connectivity index (χ3v) is 6.35. The fourth-order valence-corrected chi connectivity index (χ4v) is 5.37. The number of anilines is 1. The molecule has 2 aliphatic rings. The summed E-state index contributed by atoms with van der Waals surface area (Å²) in [6.07, 6.45) is 2.51. The number of amides is 1. The van der Waals surface area contributed by atoms with Crippen LogP contribution >= 0.6 is 34.5 Å². The lowest BCUT2D eigenvalue weighted by atomic mass is 9.88. The minimum Gasteiger partial charge on any atom is -0.506 e. The molecule has 0 saturated carbocycles. The van der Waals surface area contributed by atoms with Crippen LogP contribution in [-0.2, 0) is 12.8 Å². The van der Waals surface area contributed by atoms with E-state index in [4.69, 9.17) is 23.2 Å². The number of halogens is 2. The molecule has 126 valence electrons. The summed E-state index contributed by atoms with van der Waals surface area (Å²) in [5, 5.41) is 17.9. The van der Waals surface area contributed by atoms with Gasteiger partial charge in [-0.3, -0.25) is 4.79 Å². The monoisotopic (exact) mass is 382 g/mol. The molecule has 3 N–H and O–H groups in total. The van der Waals surface area contributed by atoms with Gasteiger partial charge in [-0.25, -0.2) is 0 Å². The number of hydrogen-bond donors (Lipinski definition) is 3. The summed E-state index contributed by atoms with van der Waals surface area (Å²) in [5.74, 6) is 0.459. The van der Waals surface area contributed by atoms with E-state index < -0.39 is 6.17 Å². The summed E-state index contributed by atoms with van der Waals surface area (Å²) < 4.78 is 0. The highest BCUT2D eigenvalue weighted by Crippen LogP contribution is 2.44. The van der Waals surface area contributed by atoms with E-state index in [9.17, 15) is 9.90 Å². The van der Waals surface area contributed by atoms with E-state index in [0.717, 1.165) is 29.8 Å². The average Bonchev–Trinajstić information content (AvgIpc) is 2.88. The van der Waals surface area contributed by atoms with E-state index in [1.807, 2.05) is 0 Å². The number of carbonyl (C=O) groups is 1. The predicted octanol–water partition coefficient (Wildman–Crippen LogP) is 4.74. The van der Waals surface area contributed by atoms with Crippen LogP contribution in [0.5, 0.6) is 5.75 Å². The van der Waals surface area contributed by atoms with Crippen LogP contribution in [0.1, 0.15) is 45.9 Å². The summed E-state index contributed by atoms with van der Waals surface area (Å²) in [6.45, 7) is 2.24. The quantitative estimate of drug-likeness (QED) is 0.667. The van der Waals surface area contributed by atoms with E-state index in [1.165, 1.54) is 16.5 Å². The van der Waals surface area contributed by atoms with Gasteiger partial charge in [-0.1, -0.05) is 30.1 Å². The Morgan fingerprint density at radius 2 is 2.08 bits per heavy atom. The Hall–Kier alpha value is -1.43. The molecule has 0 saturated heterocycles. The fourth-order valence-electron chi connectivity index (χ4n) is 3.42. The van der Waals surface area contributed by atoms with Crippen LogP contribution in [-0.4, -0.2) is 11.0 Å². The van der Waals surface area contributed by atoms with Crippen molar-refractivity contribution < 1.29 is 9.90 Å². The van der Waals surface area contributed by atoms with Gasteiger partial charge >= 0.3 is 0 Å². The van der Waals surface area contributed by atoms with Gasteiger partial charge in [0.25, 0.3) is 5.91 Å². The maximum atomic E-state index is 12.7. The van der Waals surface area contributed by atoms with Crippen molar-refractivity contribution in [3.8, 4) is 5.75 Å². The SMILES string of the molecule is C[C@@H]1CCc2c(sc3c2C(=O)N[C@H](c2cc(Cl)cc(Cl)c2O)N3)C1. The summed E-state index contributed by atoms with van der Waals surface area (Å²) >= 11 is 13.7. The highest BCUT2D eigenvalue weighted by Gasteiger charge is 2.34. The smallest absolute Gasteiger partial charge is 0.256 e. The van der Waals surface area contributed by atoms with Crippen molar-refractivity contribution >= 4 is 45.4 Å². The number of hydrogen-bond acceptors (Lipinski definition) is 4. The average molecular weight is 383 g/mol. The largest absolute Gasteiger partial charge is 0.506 e. The first kappa shape index (κ1) is 16.1. The lowest BCUT2D eigenvalue weighted by Gasteiger charge is -2.27. The van der Waals surface area contributed by atoms with Gasteiger partial charge in [0.2, 0.25) is 0 Å². The molecule has 1 amide bonds. The van der Waals surface area contributed by atoms with Crippen LogP contribution in [0.15, 0.2) is 12.1 Å². The molecule has 1 aliphatic heterocycles. The van der Waals surface area contributed by atoms with Crippen LogP contribution in [0.25, 0.3) is 0 Å². The Balaban J connectivity index is 1.74. The molecular weight excluding hydrogens is 367 g/mol. The fraction of sp³-hybridized carbons (Fsp3) is 0.353. The molecule has 0 bridgehead atoms. The number of benzene rings is 1. The highest BCUT2D eigenvalue weighted by molar-refractivity contribution is 7.16. The first-order valence-corrected chi connectivity index (χ1v) is 9.41. The number of aromatic hydroxyl groups is 1. The van der Waals surface area contributed by atoms with Crippen LogP contribution in [0.3, 0.4) is 0 Å². The van der Waals surface area contributed by atoms with E-state index in [0.29, 0.717) is 16.5 Å². The van der Waals surface area contributed by atoms with Gasteiger partial charge in [-0.15, -0.1) is 11.3 Å². The van der Waals surface area contributed by atoms with Crippen LogP contribution in [0.4, 0.5) is 5.00 Å². The Morgan fingerprint density at radius 1 is 1.29 bits per heavy atom. The maximum Gasteiger partial charge on any atom is 0.256 e. The molecule has 0 fully saturated rings. The van der Waals surface area contributed by atoms with Gasteiger partial charge in [-0.05, 0) is 42.9 Å². The number of carbonyl (C=O) groups excluding carboxylic acids is 1. The predicted molar refractivity (Wildman–Crippen MR) is 97.5 cm³/mol. The molecule has 1 aliphatic carbocycles. The third kappa shape index (κ3) is 2.55. The second kappa shape index (κ2) is 5.83. The van der Waals surface area contributed by atoms with Gasteiger partial charge in [0.05, 0.1) is 10.6 Å². The molecule has 1 aromatic carbocycles. The van der Waals surface area contributed by atoms with Gasteiger partial charge in [0.1, 0.15) is 16.9 Å². The van der Waals surface area contributed by atoms with Crippen molar-refractivity contribution in [2.24, 2.45) is 5.92 Å². The van der Waals surface area contributed by atoms with E-state index in [2.05, 4.69) is 17.6 Å². The molecule has 24 heavy (non-hydrogen) atoms. The van der Waals surface area contributed by atoms with E-state index in [1.54, 1.807) is 17.4 Å². The second-order valence-corrected chi connectivity index (χ2v) is 8.38. The minimum absolute atomic E-state index is 0.0720. The Kier molecular flexibility index (Phi) is 3.90. The number of nitrogens with one attached hydrogen (secondary N) is 2. The van der Waals surface area contributed by atoms with Crippen LogP contribution in [0.2, 0.25) is 10.0 Å².